The normalized spacial score (nSPS) is 18.7. The number of hydrogen-bond donors (Lipinski definition) is 2. The van der Waals surface area contributed by atoms with Crippen molar-refractivity contribution in [2.24, 2.45) is 5.92 Å². The number of anilines is 2. The van der Waals surface area contributed by atoms with Crippen LogP contribution in [0.4, 0.5) is 11.4 Å². The van der Waals surface area contributed by atoms with E-state index in [1.807, 2.05) is 11.8 Å². The van der Waals surface area contributed by atoms with Crippen LogP contribution in [0, 0.1) is 5.92 Å². The molecule has 2 aliphatic heterocycles. The maximum absolute atomic E-state index is 12.9. The van der Waals surface area contributed by atoms with Crippen molar-refractivity contribution in [1.82, 2.24) is 9.80 Å². The maximum atomic E-state index is 12.9. The summed E-state index contributed by atoms with van der Waals surface area (Å²) in [4.78, 5) is 31.8. The first-order chi connectivity index (χ1) is 16.3. The summed E-state index contributed by atoms with van der Waals surface area (Å²) in [5, 5.41) is 12.6. The quantitative estimate of drug-likeness (QED) is 0.614. The van der Waals surface area contributed by atoms with E-state index in [4.69, 9.17) is 11.6 Å². The summed E-state index contributed by atoms with van der Waals surface area (Å²) in [7, 11) is 0. The molecule has 2 N–H and O–H groups in total. The summed E-state index contributed by atoms with van der Waals surface area (Å²) in [6.07, 6.45) is 0.707. The van der Waals surface area contributed by atoms with Gasteiger partial charge in [0.2, 0.25) is 11.8 Å². The number of phenolic OH excluding ortho intramolecular Hbond substituents is 1. The average Bonchev–Trinajstić information content (AvgIpc) is 3.30. The number of nitrogens with zero attached hydrogens (tertiary/aromatic N) is 3. The standard InChI is InChI=1S/C26H31ClN4O3/c1-18(2)19-3-6-22(7-4-19)30-11-13-31(14-12-30)25(33)17-29-10-9-20(16-29)26(34)28-21-5-8-24(32)23(27)15-21/h3-8,15,20,32H,1,9-14,16-17H2,2H3,(H,28,34). The molecule has 2 heterocycles. The van der Waals surface area contributed by atoms with Gasteiger partial charge in [0.05, 0.1) is 17.5 Å². The molecule has 2 fully saturated rings. The van der Waals surface area contributed by atoms with Crippen molar-refractivity contribution in [2.45, 2.75) is 13.3 Å². The smallest absolute Gasteiger partial charge is 0.236 e. The van der Waals surface area contributed by atoms with Gasteiger partial charge in [-0.2, -0.15) is 0 Å². The van der Waals surface area contributed by atoms with E-state index >= 15 is 0 Å². The molecule has 1 unspecified atom stereocenters. The van der Waals surface area contributed by atoms with Crippen molar-refractivity contribution in [3.63, 3.8) is 0 Å². The predicted octanol–water partition coefficient (Wildman–Crippen LogP) is 3.69. The van der Waals surface area contributed by atoms with Crippen molar-refractivity contribution < 1.29 is 14.7 Å². The van der Waals surface area contributed by atoms with Gasteiger partial charge in [0.15, 0.2) is 0 Å². The predicted molar refractivity (Wildman–Crippen MR) is 136 cm³/mol. The highest BCUT2D eigenvalue weighted by Gasteiger charge is 2.31. The van der Waals surface area contributed by atoms with Crippen LogP contribution in [-0.2, 0) is 9.59 Å². The Bertz CT molecular complexity index is 1060. The summed E-state index contributed by atoms with van der Waals surface area (Å²) in [5.74, 6) is -0.183. The number of rotatable bonds is 6. The third-order valence-corrected chi connectivity index (χ3v) is 6.88. The minimum Gasteiger partial charge on any atom is -0.506 e. The van der Waals surface area contributed by atoms with Crippen LogP contribution in [0.1, 0.15) is 18.9 Å². The molecule has 2 aromatic carbocycles. The lowest BCUT2D eigenvalue weighted by molar-refractivity contribution is -0.132. The Hall–Kier alpha value is -3.03. The Morgan fingerprint density at radius 3 is 2.44 bits per heavy atom. The van der Waals surface area contributed by atoms with Gasteiger partial charge in [-0.25, -0.2) is 0 Å². The van der Waals surface area contributed by atoms with Crippen LogP contribution in [0.3, 0.4) is 0 Å². The average molecular weight is 483 g/mol. The number of nitrogens with one attached hydrogen (secondary N) is 1. The lowest BCUT2D eigenvalue weighted by Crippen LogP contribution is -2.51. The molecule has 180 valence electrons. The summed E-state index contributed by atoms with van der Waals surface area (Å²) in [6, 6.07) is 13.0. The molecule has 2 aromatic rings. The van der Waals surface area contributed by atoms with Gasteiger partial charge in [-0.3, -0.25) is 14.5 Å². The molecule has 0 spiro atoms. The Kier molecular flexibility index (Phi) is 7.44. The fourth-order valence-electron chi connectivity index (χ4n) is 4.48. The monoisotopic (exact) mass is 482 g/mol. The van der Waals surface area contributed by atoms with Crippen LogP contribution < -0.4 is 10.2 Å². The van der Waals surface area contributed by atoms with E-state index in [0.29, 0.717) is 38.3 Å². The first-order valence-corrected chi connectivity index (χ1v) is 12.0. The minimum absolute atomic E-state index is 0.0215. The summed E-state index contributed by atoms with van der Waals surface area (Å²) in [6.45, 7) is 10.6. The zero-order valence-corrected chi connectivity index (χ0v) is 20.2. The number of hydrogen-bond acceptors (Lipinski definition) is 5. The van der Waals surface area contributed by atoms with Crippen molar-refractivity contribution >= 4 is 40.4 Å². The highest BCUT2D eigenvalue weighted by atomic mass is 35.5. The highest BCUT2D eigenvalue weighted by Crippen LogP contribution is 2.27. The van der Waals surface area contributed by atoms with E-state index in [-0.39, 0.29) is 28.5 Å². The number of likely N-dealkylation sites (tertiary alicyclic amines) is 1. The molecule has 2 saturated heterocycles. The number of benzene rings is 2. The molecule has 0 saturated carbocycles. The van der Waals surface area contributed by atoms with Crippen LogP contribution in [0.15, 0.2) is 49.0 Å². The molecule has 4 rings (SSSR count). The number of aromatic hydroxyl groups is 1. The molecule has 7 nitrogen and oxygen atoms in total. The largest absolute Gasteiger partial charge is 0.506 e. The van der Waals surface area contributed by atoms with E-state index in [2.05, 4.69) is 46.0 Å². The number of carbonyl (C=O) groups excluding carboxylic acids is 2. The number of amides is 2. The van der Waals surface area contributed by atoms with Crippen molar-refractivity contribution in [3.8, 4) is 5.75 Å². The first-order valence-electron chi connectivity index (χ1n) is 11.6. The number of halogens is 1. The lowest BCUT2D eigenvalue weighted by Gasteiger charge is -2.36. The Morgan fingerprint density at radius 2 is 1.79 bits per heavy atom. The van der Waals surface area contributed by atoms with Crippen LogP contribution >= 0.6 is 11.6 Å². The molecule has 8 heteroatoms. The lowest BCUT2D eigenvalue weighted by atomic mass is 10.1. The third-order valence-electron chi connectivity index (χ3n) is 6.57. The van der Waals surface area contributed by atoms with Crippen LogP contribution in [0.2, 0.25) is 5.02 Å². The number of carbonyl (C=O) groups is 2. The first kappa shape index (κ1) is 24.1. The fourth-order valence-corrected chi connectivity index (χ4v) is 4.66. The molecule has 34 heavy (non-hydrogen) atoms. The zero-order chi connectivity index (χ0) is 24.2. The van der Waals surface area contributed by atoms with Crippen molar-refractivity contribution in [2.75, 3.05) is 56.0 Å². The minimum atomic E-state index is -0.181. The van der Waals surface area contributed by atoms with E-state index in [1.165, 1.54) is 17.8 Å². The summed E-state index contributed by atoms with van der Waals surface area (Å²) >= 11 is 5.91. The van der Waals surface area contributed by atoms with Gasteiger partial charge in [-0.1, -0.05) is 35.9 Å². The number of allylic oxidation sites excluding steroid dienone is 1. The second kappa shape index (κ2) is 10.5. The van der Waals surface area contributed by atoms with Gasteiger partial charge in [0.1, 0.15) is 5.75 Å². The number of piperazine rings is 1. The van der Waals surface area contributed by atoms with Crippen molar-refractivity contribution in [3.05, 3.63) is 59.6 Å². The van der Waals surface area contributed by atoms with Gasteiger partial charge in [-0.05, 0) is 55.8 Å². The van der Waals surface area contributed by atoms with Crippen LogP contribution in [0.25, 0.3) is 5.57 Å². The Labute approximate surface area is 205 Å². The SMILES string of the molecule is C=C(C)c1ccc(N2CCN(C(=O)CN3CCC(C(=O)Nc4ccc(O)c(Cl)c4)C3)CC2)cc1. The molecule has 1 atom stereocenters. The van der Waals surface area contributed by atoms with Gasteiger partial charge < -0.3 is 20.2 Å². The van der Waals surface area contributed by atoms with Crippen molar-refractivity contribution in [1.29, 1.82) is 0 Å². The topological polar surface area (TPSA) is 76.1 Å². The number of phenols is 1. The summed E-state index contributed by atoms with van der Waals surface area (Å²) < 4.78 is 0. The van der Waals surface area contributed by atoms with E-state index in [0.717, 1.165) is 30.8 Å². The molecular weight excluding hydrogens is 452 g/mol. The van der Waals surface area contributed by atoms with E-state index in [1.54, 1.807) is 6.07 Å². The molecule has 0 aromatic heterocycles. The molecule has 0 bridgehead atoms. The van der Waals surface area contributed by atoms with E-state index in [9.17, 15) is 14.7 Å². The van der Waals surface area contributed by atoms with Crippen LogP contribution in [0.5, 0.6) is 5.75 Å². The Balaban J connectivity index is 1.22. The molecule has 2 amide bonds. The molecule has 2 aliphatic rings. The van der Waals surface area contributed by atoms with E-state index < -0.39 is 0 Å². The molecule has 0 aliphatic carbocycles. The fraction of sp³-hybridized carbons (Fsp3) is 0.385. The van der Waals surface area contributed by atoms with Gasteiger partial charge in [0, 0.05) is 44.1 Å². The summed E-state index contributed by atoms with van der Waals surface area (Å²) in [5.41, 5.74) is 3.91. The third kappa shape index (κ3) is 5.72. The molecular formula is C26H31ClN4O3. The van der Waals surface area contributed by atoms with Gasteiger partial charge in [0.25, 0.3) is 0 Å². The highest BCUT2D eigenvalue weighted by molar-refractivity contribution is 6.32. The molecule has 0 radical (unpaired) electrons. The van der Waals surface area contributed by atoms with Crippen LogP contribution in [-0.4, -0.2) is 72.5 Å². The van der Waals surface area contributed by atoms with Gasteiger partial charge >= 0.3 is 0 Å². The second-order valence-corrected chi connectivity index (χ2v) is 9.48. The Morgan fingerprint density at radius 1 is 1.09 bits per heavy atom. The van der Waals surface area contributed by atoms with Gasteiger partial charge in [-0.15, -0.1) is 0 Å². The second-order valence-electron chi connectivity index (χ2n) is 9.07. The maximum Gasteiger partial charge on any atom is 0.236 e. The zero-order valence-electron chi connectivity index (χ0n) is 19.5.